The fourth-order valence-electron chi connectivity index (χ4n) is 2.26. The Morgan fingerprint density at radius 3 is 3.07 bits per heavy atom. The first-order valence-corrected chi connectivity index (χ1v) is 7.05. The first kappa shape index (κ1) is 11.7. The van der Waals surface area contributed by atoms with Crippen molar-refractivity contribution in [2.45, 2.75) is 31.5 Å². The second-order valence-electron chi connectivity index (χ2n) is 4.69. The highest BCUT2D eigenvalue weighted by molar-refractivity contribution is 7.99. The maximum atomic E-state index is 5.81. The number of likely N-dealkylation sites (N-methyl/N-ethyl adjacent to an activating group) is 1. The van der Waals surface area contributed by atoms with E-state index < -0.39 is 0 Å². The van der Waals surface area contributed by atoms with Gasteiger partial charge in [-0.25, -0.2) is 0 Å². The number of thioether (sulfide) groups is 1. The Morgan fingerprint density at radius 2 is 2.40 bits per heavy atom. The number of ether oxygens (including phenoxy) is 1. The Labute approximate surface area is 96.9 Å². The highest BCUT2D eigenvalue weighted by Gasteiger charge is 2.26. The second kappa shape index (κ2) is 5.53. The summed E-state index contributed by atoms with van der Waals surface area (Å²) in [6.07, 6.45) is 1.69. The van der Waals surface area contributed by atoms with Gasteiger partial charge in [0, 0.05) is 30.9 Å². The SMILES string of the molecule is CC(NC1CCSC1)C1CN(C)CCO1. The summed E-state index contributed by atoms with van der Waals surface area (Å²) in [5.74, 6) is 2.59. The van der Waals surface area contributed by atoms with Crippen LogP contribution in [0.5, 0.6) is 0 Å². The molecule has 3 nitrogen and oxygen atoms in total. The van der Waals surface area contributed by atoms with Crippen molar-refractivity contribution in [2.24, 2.45) is 0 Å². The zero-order valence-electron chi connectivity index (χ0n) is 9.74. The topological polar surface area (TPSA) is 24.5 Å². The molecule has 0 aromatic rings. The molecule has 15 heavy (non-hydrogen) atoms. The summed E-state index contributed by atoms with van der Waals surface area (Å²) in [7, 11) is 2.17. The zero-order chi connectivity index (χ0) is 10.7. The molecule has 0 aromatic heterocycles. The van der Waals surface area contributed by atoms with Crippen LogP contribution in [0.3, 0.4) is 0 Å². The second-order valence-corrected chi connectivity index (χ2v) is 5.84. The van der Waals surface area contributed by atoms with Gasteiger partial charge in [0.25, 0.3) is 0 Å². The molecule has 2 saturated heterocycles. The lowest BCUT2D eigenvalue weighted by molar-refractivity contribution is -0.0366. The molecule has 0 aliphatic carbocycles. The molecule has 0 saturated carbocycles. The van der Waals surface area contributed by atoms with Crippen molar-refractivity contribution in [1.82, 2.24) is 10.2 Å². The number of rotatable bonds is 3. The predicted molar refractivity (Wildman–Crippen MR) is 65.6 cm³/mol. The van der Waals surface area contributed by atoms with E-state index >= 15 is 0 Å². The molecule has 3 atom stereocenters. The van der Waals surface area contributed by atoms with Crippen LogP contribution in [-0.2, 0) is 4.74 Å². The lowest BCUT2D eigenvalue weighted by Gasteiger charge is -2.35. The van der Waals surface area contributed by atoms with Crippen LogP contribution < -0.4 is 5.32 Å². The first-order valence-electron chi connectivity index (χ1n) is 5.89. The third-order valence-corrected chi connectivity index (χ3v) is 4.44. The third-order valence-electron chi connectivity index (χ3n) is 3.28. The Kier molecular flexibility index (Phi) is 4.31. The summed E-state index contributed by atoms with van der Waals surface area (Å²) < 4.78 is 5.81. The van der Waals surface area contributed by atoms with E-state index in [-0.39, 0.29) is 0 Å². The molecular weight excluding hydrogens is 208 g/mol. The molecule has 88 valence electrons. The molecule has 2 rings (SSSR count). The third kappa shape index (κ3) is 3.34. The van der Waals surface area contributed by atoms with Crippen molar-refractivity contribution in [3.8, 4) is 0 Å². The molecule has 0 amide bonds. The summed E-state index contributed by atoms with van der Waals surface area (Å²) >= 11 is 2.06. The minimum Gasteiger partial charge on any atom is -0.374 e. The lowest BCUT2D eigenvalue weighted by Crippen LogP contribution is -2.52. The average Bonchev–Trinajstić information content (AvgIpc) is 2.70. The molecule has 1 N–H and O–H groups in total. The minimum absolute atomic E-state index is 0.370. The Morgan fingerprint density at radius 1 is 1.53 bits per heavy atom. The van der Waals surface area contributed by atoms with Crippen molar-refractivity contribution in [2.75, 3.05) is 38.2 Å². The smallest absolute Gasteiger partial charge is 0.0852 e. The molecule has 3 unspecified atom stereocenters. The Bertz CT molecular complexity index is 197. The highest BCUT2D eigenvalue weighted by atomic mass is 32.2. The molecule has 2 fully saturated rings. The van der Waals surface area contributed by atoms with Crippen molar-refractivity contribution < 1.29 is 4.74 Å². The van der Waals surface area contributed by atoms with Gasteiger partial charge in [0.2, 0.25) is 0 Å². The van der Waals surface area contributed by atoms with Gasteiger partial charge < -0.3 is 15.0 Å². The number of nitrogens with one attached hydrogen (secondary N) is 1. The normalized spacial score (nSPS) is 35.6. The van der Waals surface area contributed by atoms with Crippen molar-refractivity contribution in [1.29, 1.82) is 0 Å². The van der Waals surface area contributed by atoms with Gasteiger partial charge in [-0.1, -0.05) is 0 Å². The highest BCUT2D eigenvalue weighted by Crippen LogP contribution is 2.18. The fraction of sp³-hybridized carbons (Fsp3) is 1.00. The fourth-order valence-corrected chi connectivity index (χ4v) is 3.42. The quantitative estimate of drug-likeness (QED) is 0.775. The zero-order valence-corrected chi connectivity index (χ0v) is 10.6. The van der Waals surface area contributed by atoms with E-state index in [0.29, 0.717) is 18.2 Å². The van der Waals surface area contributed by atoms with E-state index in [2.05, 4.69) is 35.9 Å². The number of morpholine rings is 1. The van der Waals surface area contributed by atoms with Gasteiger partial charge in [-0.2, -0.15) is 11.8 Å². The molecule has 0 radical (unpaired) electrons. The monoisotopic (exact) mass is 230 g/mol. The van der Waals surface area contributed by atoms with Gasteiger partial charge >= 0.3 is 0 Å². The van der Waals surface area contributed by atoms with Crippen LogP contribution in [0.25, 0.3) is 0 Å². The van der Waals surface area contributed by atoms with Crippen LogP contribution in [-0.4, -0.2) is 61.3 Å². The molecular formula is C11H22N2OS. The average molecular weight is 230 g/mol. The van der Waals surface area contributed by atoms with Gasteiger partial charge in [0.15, 0.2) is 0 Å². The van der Waals surface area contributed by atoms with Crippen molar-refractivity contribution >= 4 is 11.8 Å². The van der Waals surface area contributed by atoms with Gasteiger partial charge in [-0.15, -0.1) is 0 Å². The summed E-state index contributed by atoms with van der Waals surface area (Å²) in [6.45, 7) is 5.27. The van der Waals surface area contributed by atoms with Crippen LogP contribution in [0, 0.1) is 0 Å². The Balaban J connectivity index is 1.76. The van der Waals surface area contributed by atoms with E-state index in [1.807, 2.05) is 0 Å². The van der Waals surface area contributed by atoms with E-state index in [4.69, 9.17) is 4.74 Å². The van der Waals surface area contributed by atoms with Crippen molar-refractivity contribution in [3.05, 3.63) is 0 Å². The summed E-state index contributed by atoms with van der Waals surface area (Å²) in [5, 5.41) is 3.70. The van der Waals surface area contributed by atoms with E-state index in [1.54, 1.807) is 0 Å². The van der Waals surface area contributed by atoms with Crippen LogP contribution in [0.1, 0.15) is 13.3 Å². The summed E-state index contributed by atoms with van der Waals surface area (Å²) in [5.41, 5.74) is 0. The number of hydrogen-bond donors (Lipinski definition) is 1. The summed E-state index contributed by atoms with van der Waals surface area (Å²) in [4.78, 5) is 2.36. The molecule has 4 heteroatoms. The van der Waals surface area contributed by atoms with Crippen LogP contribution >= 0.6 is 11.8 Å². The molecule has 0 bridgehead atoms. The van der Waals surface area contributed by atoms with Gasteiger partial charge in [0.1, 0.15) is 0 Å². The first-order chi connectivity index (χ1) is 7.25. The van der Waals surface area contributed by atoms with Gasteiger partial charge in [-0.3, -0.25) is 0 Å². The van der Waals surface area contributed by atoms with Crippen LogP contribution in [0.15, 0.2) is 0 Å². The predicted octanol–water partition coefficient (Wildman–Crippen LogP) is 0.801. The maximum Gasteiger partial charge on any atom is 0.0852 e. The standard InChI is InChI=1S/C11H22N2OS/c1-9(12-10-3-6-15-8-10)11-7-13(2)4-5-14-11/h9-12H,3-8H2,1-2H3. The summed E-state index contributed by atoms with van der Waals surface area (Å²) in [6, 6.07) is 1.19. The van der Waals surface area contributed by atoms with Crippen molar-refractivity contribution in [3.63, 3.8) is 0 Å². The Hall–Kier alpha value is 0.230. The van der Waals surface area contributed by atoms with Crippen LogP contribution in [0.2, 0.25) is 0 Å². The van der Waals surface area contributed by atoms with E-state index in [9.17, 15) is 0 Å². The van der Waals surface area contributed by atoms with Crippen LogP contribution in [0.4, 0.5) is 0 Å². The van der Waals surface area contributed by atoms with E-state index in [0.717, 1.165) is 19.7 Å². The van der Waals surface area contributed by atoms with Gasteiger partial charge in [0.05, 0.1) is 12.7 Å². The molecule has 0 spiro atoms. The van der Waals surface area contributed by atoms with Gasteiger partial charge in [-0.05, 0) is 26.1 Å². The molecule has 0 aromatic carbocycles. The molecule has 2 heterocycles. The maximum absolute atomic E-state index is 5.81. The molecule has 2 aliphatic rings. The molecule has 2 aliphatic heterocycles. The van der Waals surface area contributed by atoms with E-state index in [1.165, 1.54) is 17.9 Å². The largest absolute Gasteiger partial charge is 0.374 e. The number of hydrogen-bond acceptors (Lipinski definition) is 4. The number of nitrogens with zero attached hydrogens (tertiary/aromatic N) is 1. The minimum atomic E-state index is 0.370. The lowest BCUT2D eigenvalue weighted by atomic mass is 10.1.